The Balaban J connectivity index is 3.18. The van der Waals surface area contributed by atoms with Crippen LogP contribution in [0, 0.1) is 0 Å². The Hall–Kier alpha value is -1.75. The molecule has 5 heteroatoms. The van der Waals surface area contributed by atoms with Gasteiger partial charge in [0.2, 0.25) is 0 Å². The SMILES string of the molecule is CCc1cc(CC(N)C(=O)O)c(OC)c(OC)c1. The van der Waals surface area contributed by atoms with Crippen molar-refractivity contribution in [3.63, 3.8) is 0 Å². The third-order valence-corrected chi connectivity index (χ3v) is 2.78. The predicted molar refractivity (Wildman–Crippen MR) is 68.2 cm³/mol. The van der Waals surface area contributed by atoms with Gasteiger partial charge in [-0.1, -0.05) is 13.0 Å². The van der Waals surface area contributed by atoms with Crippen LogP contribution in [0.1, 0.15) is 18.1 Å². The van der Waals surface area contributed by atoms with Crippen molar-refractivity contribution >= 4 is 5.97 Å². The van der Waals surface area contributed by atoms with Gasteiger partial charge < -0.3 is 20.3 Å². The molecule has 0 aromatic heterocycles. The molecule has 0 saturated carbocycles. The molecule has 0 bridgehead atoms. The van der Waals surface area contributed by atoms with Crippen LogP contribution >= 0.6 is 0 Å². The van der Waals surface area contributed by atoms with Crippen molar-refractivity contribution in [2.24, 2.45) is 5.73 Å². The first-order chi connectivity index (χ1) is 8.53. The Kier molecular flexibility index (Phi) is 4.97. The van der Waals surface area contributed by atoms with E-state index in [4.69, 9.17) is 20.3 Å². The molecule has 0 aliphatic rings. The number of benzene rings is 1. The second kappa shape index (κ2) is 6.26. The molecule has 0 radical (unpaired) electrons. The highest BCUT2D eigenvalue weighted by atomic mass is 16.5. The van der Waals surface area contributed by atoms with E-state index in [1.807, 2.05) is 19.1 Å². The van der Waals surface area contributed by atoms with Gasteiger partial charge in [0.1, 0.15) is 6.04 Å². The van der Waals surface area contributed by atoms with E-state index in [9.17, 15) is 4.79 Å². The van der Waals surface area contributed by atoms with Crippen LogP contribution in [0.5, 0.6) is 11.5 Å². The number of aryl methyl sites for hydroxylation is 1. The van der Waals surface area contributed by atoms with Crippen LogP contribution in [0.15, 0.2) is 12.1 Å². The van der Waals surface area contributed by atoms with Crippen molar-refractivity contribution < 1.29 is 19.4 Å². The molecule has 0 fully saturated rings. The molecule has 1 rings (SSSR count). The van der Waals surface area contributed by atoms with Crippen LogP contribution in [0.25, 0.3) is 0 Å². The van der Waals surface area contributed by atoms with E-state index in [0.717, 1.165) is 17.5 Å². The fraction of sp³-hybridized carbons (Fsp3) is 0.462. The second-order valence-corrected chi connectivity index (χ2v) is 3.99. The summed E-state index contributed by atoms with van der Waals surface area (Å²) in [6, 6.07) is 2.84. The van der Waals surface area contributed by atoms with E-state index in [-0.39, 0.29) is 6.42 Å². The van der Waals surface area contributed by atoms with E-state index in [1.54, 1.807) is 7.11 Å². The summed E-state index contributed by atoms with van der Waals surface area (Å²) in [4.78, 5) is 10.8. The standard InChI is InChI=1S/C13H19NO4/c1-4-8-5-9(7-10(14)13(15)16)12(18-3)11(6-8)17-2/h5-6,10H,4,7,14H2,1-3H3,(H,15,16). The minimum atomic E-state index is -1.03. The first-order valence-corrected chi connectivity index (χ1v) is 5.75. The quantitative estimate of drug-likeness (QED) is 0.796. The fourth-order valence-electron chi connectivity index (χ4n) is 1.79. The molecule has 3 N–H and O–H groups in total. The highest BCUT2D eigenvalue weighted by Crippen LogP contribution is 2.33. The lowest BCUT2D eigenvalue weighted by Gasteiger charge is -2.16. The van der Waals surface area contributed by atoms with Crippen LogP contribution in [-0.4, -0.2) is 31.3 Å². The van der Waals surface area contributed by atoms with Gasteiger partial charge in [-0.15, -0.1) is 0 Å². The van der Waals surface area contributed by atoms with Gasteiger partial charge in [0.25, 0.3) is 0 Å². The Bertz CT molecular complexity index is 431. The molecule has 0 aliphatic heterocycles. The zero-order chi connectivity index (χ0) is 13.7. The number of hydrogen-bond acceptors (Lipinski definition) is 4. The molecule has 0 saturated heterocycles. The molecule has 0 aliphatic carbocycles. The maximum absolute atomic E-state index is 10.8. The third kappa shape index (κ3) is 3.13. The monoisotopic (exact) mass is 253 g/mol. The number of aliphatic carboxylic acids is 1. The third-order valence-electron chi connectivity index (χ3n) is 2.78. The molecule has 1 aromatic rings. The predicted octanol–water partition coefficient (Wildman–Crippen LogP) is 1.22. The van der Waals surface area contributed by atoms with Crippen LogP contribution in [0.4, 0.5) is 0 Å². The van der Waals surface area contributed by atoms with Crippen LogP contribution < -0.4 is 15.2 Å². The normalized spacial score (nSPS) is 12.0. The number of hydrogen-bond donors (Lipinski definition) is 2. The summed E-state index contributed by atoms with van der Waals surface area (Å²) in [7, 11) is 3.08. The molecule has 0 heterocycles. The summed E-state index contributed by atoms with van der Waals surface area (Å²) in [6.45, 7) is 2.02. The smallest absolute Gasteiger partial charge is 0.320 e. The molecule has 5 nitrogen and oxygen atoms in total. The number of ether oxygens (including phenoxy) is 2. The van der Waals surface area contributed by atoms with E-state index in [0.29, 0.717) is 11.5 Å². The largest absolute Gasteiger partial charge is 0.493 e. The zero-order valence-corrected chi connectivity index (χ0v) is 10.9. The zero-order valence-electron chi connectivity index (χ0n) is 10.9. The number of carbonyl (C=O) groups is 1. The number of nitrogens with two attached hydrogens (primary N) is 1. The van der Waals surface area contributed by atoms with Crippen LogP contribution in [-0.2, 0) is 17.6 Å². The molecule has 0 spiro atoms. The lowest BCUT2D eigenvalue weighted by Crippen LogP contribution is -2.32. The number of methoxy groups -OCH3 is 2. The summed E-state index contributed by atoms with van der Waals surface area (Å²) in [5.74, 6) is 0.119. The molecule has 1 aromatic carbocycles. The molecular weight excluding hydrogens is 234 g/mol. The molecular formula is C13H19NO4. The highest BCUT2D eigenvalue weighted by Gasteiger charge is 2.18. The molecule has 100 valence electrons. The minimum Gasteiger partial charge on any atom is -0.493 e. The average molecular weight is 253 g/mol. The lowest BCUT2D eigenvalue weighted by atomic mass is 10.0. The summed E-state index contributed by atoms with van der Waals surface area (Å²) in [5.41, 5.74) is 7.37. The first kappa shape index (κ1) is 14.3. The molecule has 18 heavy (non-hydrogen) atoms. The maximum atomic E-state index is 10.8. The summed E-state index contributed by atoms with van der Waals surface area (Å²) < 4.78 is 10.5. The van der Waals surface area contributed by atoms with Gasteiger partial charge in [-0.05, 0) is 18.1 Å². The van der Waals surface area contributed by atoms with Crippen molar-refractivity contribution in [2.75, 3.05) is 14.2 Å². The Morgan fingerprint density at radius 2 is 2.06 bits per heavy atom. The first-order valence-electron chi connectivity index (χ1n) is 5.75. The van der Waals surface area contributed by atoms with Crippen molar-refractivity contribution in [1.29, 1.82) is 0 Å². The van der Waals surface area contributed by atoms with E-state index < -0.39 is 12.0 Å². The fourth-order valence-corrected chi connectivity index (χ4v) is 1.79. The summed E-state index contributed by atoms with van der Waals surface area (Å²) in [5, 5.41) is 8.86. The summed E-state index contributed by atoms with van der Waals surface area (Å²) in [6.07, 6.45) is 1.04. The van der Waals surface area contributed by atoms with Gasteiger partial charge in [-0.25, -0.2) is 0 Å². The Morgan fingerprint density at radius 3 is 2.50 bits per heavy atom. The van der Waals surface area contributed by atoms with Gasteiger partial charge in [0.05, 0.1) is 14.2 Å². The van der Waals surface area contributed by atoms with E-state index in [1.165, 1.54) is 7.11 Å². The molecule has 1 unspecified atom stereocenters. The Morgan fingerprint density at radius 1 is 1.39 bits per heavy atom. The minimum absolute atomic E-state index is 0.211. The van der Waals surface area contributed by atoms with Crippen molar-refractivity contribution in [3.05, 3.63) is 23.3 Å². The van der Waals surface area contributed by atoms with Crippen LogP contribution in [0.3, 0.4) is 0 Å². The maximum Gasteiger partial charge on any atom is 0.320 e. The average Bonchev–Trinajstić information content (AvgIpc) is 2.37. The van der Waals surface area contributed by atoms with E-state index >= 15 is 0 Å². The van der Waals surface area contributed by atoms with Crippen molar-refractivity contribution in [1.82, 2.24) is 0 Å². The van der Waals surface area contributed by atoms with Gasteiger partial charge in [0.15, 0.2) is 11.5 Å². The second-order valence-electron chi connectivity index (χ2n) is 3.99. The van der Waals surface area contributed by atoms with Crippen molar-refractivity contribution in [2.45, 2.75) is 25.8 Å². The van der Waals surface area contributed by atoms with Gasteiger partial charge in [-0.3, -0.25) is 4.79 Å². The number of carboxylic acid groups (broad SMARTS) is 1. The lowest BCUT2D eigenvalue weighted by molar-refractivity contribution is -0.138. The van der Waals surface area contributed by atoms with Gasteiger partial charge in [-0.2, -0.15) is 0 Å². The Labute approximate surface area is 107 Å². The van der Waals surface area contributed by atoms with E-state index in [2.05, 4.69) is 0 Å². The topological polar surface area (TPSA) is 81.8 Å². The van der Waals surface area contributed by atoms with Crippen LogP contribution in [0.2, 0.25) is 0 Å². The number of rotatable bonds is 6. The highest BCUT2D eigenvalue weighted by molar-refractivity contribution is 5.74. The van der Waals surface area contributed by atoms with Gasteiger partial charge in [0, 0.05) is 12.0 Å². The summed E-state index contributed by atoms with van der Waals surface area (Å²) >= 11 is 0. The molecule has 0 amide bonds. The van der Waals surface area contributed by atoms with Crippen molar-refractivity contribution in [3.8, 4) is 11.5 Å². The number of carboxylic acids is 1. The van der Waals surface area contributed by atoms with Gasteiger partial charge >= 0.3 is 5.97 Å². The molecule has 1 atom stereocenters.